The summed E-state index contributed by atoms with van der Waals surface area (Å²) in [6.45, 7) is 6.60. The van der Waals surface area contributed by atoms with Gasteiger partial charge in [0.15, 0.2) is 5.79 Å². The van der Waals surface area contributed by atoms with Gasteiger partial charge in [-0.25, -0.2) is 0 Å². The minimum atomic E-state index is -0.263. The average Bonchev–Trinajstić information content (AvgIpc) is 3.15. The molecule has 3 heteroatoms. The van der Waals surface area contributed by atoms with Gasteiger partial charge in [-0.2, -0.15) is 0 Å². The van der Waals surface area contributed by atoms with Crippen LogP contribution in [0.5, 0.6) is 0 Å². The molecule has 0 radical (unpaired) electrons. The molecule has 0 aromatic rings. The highest BCUT2D eigenvalue weighted by atomic mass is 35.5. The van der Waals surface area contributed by atoms with Crippen LogP contribution < -0.4 is 0 Å². The quantitative estimate of drug-likeness (QED) is 0.436. The van der Waals surface area contributed by atoms with Crippen molar-refractivity contribution in [3.05, 3.63) is 11.6 Å². The number of hydrogen-bond acceptors (Lipinski definition) is 2. The van der Waals surface area contributed by atoms with E-state index in [2.05, 4.69) is 19.9 Å². The molecule has 5 rings (SSSR count). The van der Waals surface area contributed by atoms with Gasteiger partial charge in [0.2, 0.25) is 0 Å². The van der Waals surface area contributed by atoms with E-state index < -0.39 is 0 Å². The molecule has 3 saturated carbocycles. The summed E-state index contributed by atoms with van der Waals surface area (Å²) in [5.41, 5.74) is 2.30. The number of alkyl halides is 1. The van der Waals surface area contributed by atoms with E-state index in [9.17, 15) is 0 Å². The molecule has 1 spiro atoms. The predicted molar refractivity (Wildman–Crippen MR) is 96.0 cm³/mol. The molecular formula is C21H31ClO2. The highest BCUT2D eigenvalue weighted by Crippen LogP contribution is 2.68. The minimum absolute atomic E-state index is 0.218. The van der Waals surface area contributed by atoms with Crippen LogP contribution in [0.2, 0.25) is 0 Å². The van der Waals surface area contributed by atoms with Gasteiger partial charge in [-0.05, 0) is 68.1 Å². The van der Waals surface area contributed by atoms with Crippen molar-refractivity contribution in [3.8, 4) is 0 Å². The highest BCUT2D eigenvalue weighted by Gasteiger charge is 2.66. The van der Waals surface area contributed by atoms with E-state index in [1.165, 1.54) is 38.5 Å². The SMILES string of the molecule is C[C@@]12CC[C@H](Cl)CC1=CC[C@H]1[C@H]3CCC4(OCCO4)[C@]3(C)CC[C@@H]12. The van der Waals surface area contributed by atoms with Crippen molar-refractivity contribution in [1.82, 2.24) is 0 Å². The Morgan fingerprint density at radius 3 is 2.54 bits per heavy atom. The first-order valence-electron chi connectivity index (χ1n) is 10.1. The van der Waals surface area contributed by atoms with E-state index in [-0.39, 0.29) is 11.2 Å². The van der Waals surface area contributed by atoms with Crippen LogP contribution in [-0.2, 0) is 9.47 Å². The average molecular weight is 351 g/mol. The van der Waals surface area contributed by atoms with Crippen molar-refractivity contribution in [2.75, 3.05) is 13.2 Å². The molecule has 0 N–H and O–H groups in total. The molecule has 5 aliphatic rings. The zero-order valence-corrected chi connectivity index (χ0v) is 15.9. The molecule has 2 nitrogen and oxygen atoms in total. The van der Waals surface area contributed by atoms with Crippen molar-refractivity contribution in [3.63, 3.8) is 0 Å². The lowest BCUT2D eigenvalue weighted by molar-refractivity contribution is -0.242. The molecule has 24 heavy (non-hydrogen) atoms. The Labute approximate surface area is 151 Å². The lowest BCUT2D eigenvalue weighted by Gasteiger charge is -2.58. The summed E-state index contributed by atoms with van der Waals surface area (Å²) in [4.78, 5) is 0. The Morgan fingerprint density at radius 1 is 1.00 bits per heavy atom. The second kappa shape index (κ2) is 5.24. The molecule has 0 unspecified atom stereocenters. The number of ether oxygens (including phenoxy) is 2. The maximum absolute atomic E-state index is 6.49. The number of fused-ring (bicyclic) bond motifs is 6. The summed E-state index contributed by atoms with van der Waals surface area (Å²) in [5.74, 6) is 2.16. The molecule has 4 aliphatic carbocycles. The summed E-state index contributed by atoms with van der Waals surface area (Å²) in [6, 6.07) is 0. The molecule has 0 bridgehead atoms. The maximum Gasteiger partial charge on any atom is 0.174 e. The summed E-state index contributed by atoms with van der Waals surface area (Å²) < 4.78 is 12.5. The van der Waals surface area contributed by atoms with E-state index in [4.69, 9.17) is 21.1 Å². The fourth-order valence-electron chi connectivity index (χ4n) is 7.50. The van der Waals surface area contributed by atoms with E-state index in [0.29, 0.717) is 10.8 Å². The van der Waals surface area contributed by atoms with Crippen molar-refractivity contribution < 1.29 is 9.47 Å². The van der Waals surface area contributed by atoms with E-state index in [1.807, 2.05) is 0 Å². The van der Waals surface area contributed by atoms with Crippen molar-refractivity contribution in [2.24, 2.45) is 28.6 Å². The molecule has 1 aliphatic heterocycles. The van der Waals surface area contributed by atoms with Gasteiger partial charge < -0.3 is 9.47 Å². The summed E-state index contributed by atoms with van der Waals surface area (Å²) in [6.07, 6.45) is 12.5. The first-order chi connectivity index (χ1) is 11.5. The zero-order valence-electron chi connectivity index (χ0n) is 15.2. The van der Waals surface area contributed by atoms with E-state index in [0.717, 1.165) is 43.8 Å². The van der Waals surface area contributed by atoms with Crippen molar-refractivity contribution in [1.29, 1.82) is 0 Å². The normalized spacial score (nSPS) is 52.5. The van der Waals surface area contributed by atoms with Gasteiger partial charge in [-0.3, -0.25) is 0 Å². The smallest absolute Gasteiger partial charge is 0.174 e. The van der Waals surface area contributed by atoms with Gasteiger partial charge >= 0.3 is 0 Å². The monoisotopic (exact) mass is 350 g/mol. The predicted octanol–water partition coefficient (Wildman–Crippen LogP) is 5.30. The van der Waals surface area contributed by atoms with Crippen LogP contribution in [0.1, 0.15) is 65.2 Å². The first kappa shape index (κ1) is 16.1. The molecule has 1 saturated heterocycles. The lowest BCUT2D eigenvalue weighted by Crippen LogP contribution is -2.54. The number of hydrogen-bond donors (Lipinski definition) is 0. The Bertz CT molecular complexity index is 566. The molecular weight excluding hydrogens is 320 g/mol. The van der Waals surface area contributed by atoms with Gasteiger partial charge in [0.1, 0.15) is 0 Å². The Kier molecular flexibility index (Phi) is 3.52. The molecule has 134 valence electrons. The standard InChI is InChI=1S/C21H31ClO2/c1-19-8-5-15(22)13-14(19)3-4-16-17(19)6-9-20(2)18(16)7-10-21(20)23-11-12-24-21/h3,15-18H,4-13H2,1-2H3/t15-,16+,17-,18+,19+,20+/m0/s1. The molecule has 0 aromatic heterocycles. The van der Waals surface area contributed by atoms with E-state index >= 15 is 0 Å². The van der Waals surface area contributed by atoms with Crippen LogP contribution in [-0.4, -0.2) is 24.4 Å². The fraction of sp³-hybridized carbons (Fsp3) is 0.905. The number of rotatable bonds is 0. The molecule has 0 aromatic carbocycles. The fourth-order valence-corrected chi connectivity index (χ4v) is 7.78. The third kappa shape index (κ3) is 1.91. The summed E-state index contributed by atoms with van der Waals surface area (Å²) in [5, 5.41) is 0.366. The van der Waals surface area contributed by atoms with E-state index in [1.54, 1.807) is 5.57 Å². The minimum Gasteiger partial charge on any atom is -0.347 e. The first-order valence-corrected chi connectivity index (χ1v) is 10.5. The molecule has 4 fully saturated rings. The van der Waals surface area contributed by atoms with Crippen LogP contribution in [0.4, 0.5) is 0 Å². The highest BCUT2D eigenvalue weighted by molar-refractivity contribution is 6.20. The second-order valence-corrected chi connectivity index (χ2v) is 10.2. The molecule has 6 atom stereocenters. The lowest BCUT2D eigenvalue weighted by atomic mass is 9.48. The van der Waals surface area contributed by atoms with Gasteiger partial charge in [-0.15, -0.1) is 11.6 Å². The molecule has 0 amide bonds. The largest absolute Gasteiger partial charge is 0.347 e. The Hall–Kier alpha value is -0.0500. The number of allylic oxidation sites excluding steroid dienone is 2. The van der Waals surface area contributed by atoms with Crippen LogP contribution in [0, 0.1) is 28.6 Å². The zero-order chi connectivity index (χ0) is 16.6. The van der Waals surface area contributed by atoms with Gasteiger partial charge in [0.25, 0.3) is 0 Å². The third-order valence-electron chi connectivity index (χ3n) is 8.84. The van der Waals surface area contributed by atoms with Gasteiger partial charge in [0.05, 0.1) is 13.2 Å². The van der Waals surface area contributed by atoms with Crippen LogP contribution in [0.3, 0.4) is 0 Å². The van der Waals surface area contributed by atoms with Gasteiger partial charge in [-0.1, -0.05) is 25.5 Å². The Balaban J connectivity index is 1.49. The number of halogens is 1. The van der Waals surface area contributed by atoms with Gasteiger partial charge in [0, 0.05) is 17.2 Å². The summed E-state index contributed by atoms with van der Waals surface area (Å²) >= 11 is 6.49. The van der Waals surface area contributed by atoms with Crippen LogP contribution in [0.15, 0.2) is 11.6 Å². The van der Waals surface area contributed by atoms with Crippen molar-refractivity contribution >= 4 is 11.6 Å². The Morgan fingerprint density at radius 2 is 1.75 bits per heavy atom. The summed E-state index contributed by atoms with van der Waals surface area (Å²) in [7, 11) is 0. The van der Waals surface area contributed by atoms with Crippen LogP contribution >= 0.6 is 11.6 Å². The third-order valence-corrected chi connectivity index (χ3v) is 9.21. The maximum atomic E-state index is 6.49. The molecule has 1 heterocycles. The topological polar surface area (TPSA) is 18.5 Å². The van der Waals surface area contributed by atoms with Crippen LogP contribution in [0.25, 0.3) is 0 Å². The van der Waals surface area contributed by atoms with Crippen molar-refractivity contribution in [2.45, 2.75) is 76.4 Å². The second-order valence-electron chi connectivity index (χ2n) is 9.54.